The molecule has 5 rings (SSSR count). The summed E-state index contributed by atoms with van der Waals surface area (Å²) in [6.45, 7) is 4.71. The number of aromatic amines is 1. The zero-order chi connectivity index (χ0) is 19.6. The van der Waals surface area contributed by atoms with Crippen LogP contribution in [0.2, 0.25) is 0 Å². The van der Waals surface area contributed by atoms with Gasteiger partial charge in [-0.15, -0.1) is 0 Å². The van der Waals surface area contributed by atoms with E-state index in [-0.39, 0.29) is 6.10 Å². The fourth-order valence-corrected chi connectivity index (χ4v) is 4.95. The number of fused-ring (bicyclic) bond motifs is 1. The number of nitrogens with one attached hydrogen (secondary N) is 4. The van der Waals surface area contributed by atoms with Crippen LogP contribution in [-0.4, -0.2) is 41.7 Å². The lowest BCUT2D eigenvalue weighted by molar-refractivity contribution is 0.0940. The zero-order valence-corrected chi connectivity index (χ0v) is 17.0. The number of guanidine groups is 1. The largest absolute Gasteiger partial charge is 0.484 e. The second-order valence-electron chi connectivity index (χ2n) is 8.53. The van der Waals surface area contributed by atoms with E-state index < -0.39 is 0 Å². The lowest BCUT2D eigenvalue weighted by Gasteiger charge is -2.38. The minimum Gasteiger partial charge on any atom is -0.484 e. The second kappa shape index (κ2) is 7.97. The average molecular weight is 395 g/mol. The van der Waals surface area contributed by atoms with E-state index in [4.69, 9.17) is 4.74 Å². The number of rotatable bonds is 4. The quantitative estimate of drug-likeness (QED) is 0.639. The molecule has 4 N–H and O–H groups in total. The van der Waals surface area contributed by atoms with Crippen LogP contribution in [0.25, 0.3) is 0 Å². The summed E-state index contributed by atoms with van der Waals surface area (Å²) in [6, 6.07) is 4.23. The van der Waals surface area contributed by atoms with E-state index in [2.05, 4.69) is 50.0 Å². The summed E-state index contributed by atoms with van der Waals surface area (Å²) in [6.07, 6.45) is 10.0. The SMILES string of the molecule is Cc1ccc(NC2=NCCN2)c2c1NCC(C1CCCC(Cc3cnc[nH]3)C1)O2. The molecular formula is C22H30N6O. The monoisotopic (exact) mass is 394 g/mol. The molecule has 1 aliphatic carbocycles. The summed E-state index contributed by atoms with van der Waals surface area (Å²) >= 11 is 0. The van der Waals surface area contributed by atoms with Crippen LogP contribution in [0.15, 0.2) is 29.6 Å². The third-order valence-electron chi connectivity index (χ3n) is 6.46. The van der Waals surface area contributed by atoms with Gasteiger partial charge in [0.25, 0.3) is 0 Å². The Morgan fingerprint density at radius 3 is 3.03 bits per heavy atom. The maximum Gasteiger partial charge on any atom is 0.196 e. The highest BCUT2D eigenvalue weighted by Gasteiger charge is 2.34. The Hall–Kier alpha value is -2.70. The fourth-order valence-electron chi connectivity index (χ4n) is 4.95. The molecule has 0 saturated heterocycles. The Labute approximate surface area is 171 Å². The van der Waals surface area contributed by atoms with Gasteiger partial charge in [0.05, 0.1) is 30.8 Å². The molecule has 7 heteroatoms. The number of H-pyrrole nitrogens is 1. The molecule has 3 atom stereocenters. The van der Waals surface area contributed by atoms with Crippen molar-refractivity contribution in [1.29, 1.82) is 0 Å². The number of ether oxygens (including phenoxy) is 1. The van der Waals surface area contributed by atoms with E-state index in [0.29, 0.717) is 11.8 Å². The third-order valence-corrected chi connectivity index (χ3v) is 6.46. The van der Waals surface area contributed by atoms with Crippen LogP contribution >= 0.6 is 0 Å². The van der Waals surface area contributed by atoms with Crippen LogP contribution in [0.3, 0.4) is 0 Å². The molecule has 3 heterocycles. The molecule has 1 aromatic heterocycles. The van der Waals surface area contributed by atoms with Crippen molar-refractivity contribution in [2.45, 2.75) is 45.1 Å². The predicted molar refractivity (Wildman–Crippen MR) is 116 cm³/mol. The number of nitrogens with zero attached hydrogens (tertiary/aromatic N) is 2. The zero-order valence-electron chi connectivity index (χ0n) is 17.0. The predicted octanol–water partition coefficient (Wildman–Crippen LogP) is 3.31. The highest BCUT2D eigenvalue weighted by Crippen LogP contribution is 2.43. The number of hydrogen-bond acceptors (Lipinski definition) is 6. The lowest BCUT2D eigenvalue weighted by Crippen LogP contribution is -2.40. The molecule has 0 amide bonds. The van der Waals surface area contributed by atoms with Crippen molar-refractivity contribution in [3.05, 3.63) is 35.9 Å². The van der Waals surface area contributed by atoms with Gasteiger partial charge in [0.2, 0.25) is 0 Å². The van der Waals surface area contributed by atoms with E-state index >= 15 is 0 Å². The molecule has 1 fully saturated rings. The standard InChI is InChI=1S/C22H30N6O/c1-14-5-6-18(28-22-24-7-8-25-22)21-20(14)26-12-19(29-21)16-4-2-3-15(9-16)10-17-11-23-13-27-17/h5-6,11,13,15-16,19,26H,2-4,7-10,12H2,1H3,(H,23,27)(H2,24,25,28). The molecule has 1 saturated carbocycles. The van der Waals surface area contributed by atoms with Crippen LogP contribution in [0.1, 0.15) is 36.9 Å². The second-order valence-corrected chi connectivity index (χ2v) is 8.53. The van der Waals surface area contributed by atoms with Gasteiger partial charge in [-0.05, 0) is 49.7 Å². The molecule has 0 bridgehead atoms. The Bertz CT molecular complexity index is 878. The summed E-state index contributed by atoms with van der Waals surface area (Å²) in [5.41, 5.74) is 4.55. The van der Waals surface area contributed by atoms with Gasteiger partial charge >= 0.3 is 0 Å². The number of aromatic nitrogens is 2. The molecule has 154 valence electrons. The fraction of sp³-hybridized carbons (Fsp3) is 0.545. The first kappa shape index (κ1) is 18.3. The van der Waals surface area contributed by atoms with Gasteiger partial charge < -0.3 is 25.7 Å². The van der Waals surface area contributed by atoms with E-state index in [9.17, 15) is 0 Å². The minimum absolute atomic E-state index is 0.202. The van der Waals surface area contributed by atoms with E-state index in [1.54, 1.807) is 6.33 Å². The number of hydrogen-bond donors (Lipinski definition) is 4. The molecule has 7 nitrogen and oxygen atoms in total. The normalized spacial score (nSPS) is 26.0. The van der Waals surface area contributed by atoms with Crippen LogP contribution in [0.4, 0.5) is 11.4 Å². The smallest absolute Gasteiger partial charge is 0.196 e. The summed E-state index contributed by atoms with van der Waals surface area (Å²) in [7, 11) is 0. The number of imidazole rings is 1. The maximum atomic E-state index is 6.65. The molecule has 0 radical (unpaired) electrons. The van der Waals surface area contributed by atoms with Crippen molar-refractivity contribution in [3.63, 3.8) is 0 Å². The van der Waals surface area contributed by atoms with Gasteiger partial charge in [-0.1, -0.05) is 18.9 Å². The first-order valence-corrected chi connectivity index (χ1v) is 10.8. The molecule has 0 spiro atoms. The maximum absolute atomic E-state index is 6.65. The Morgan fingerprint density at radius 1 is 1.24 bits per heavy atom. The van der Waals surface area contributed by atoms with Crippen LogP contribution in [-0.2, 0) is 6.42 Å². The van der Waals surface area contributed by atoms with Crippen LogP contribution in [0, 0.1) is 18.8 Å². The van der Waals surface area contributed by atoms with Gasteiger partial charge in [-0.25, -0.2) is 4.98 Å². The van der Waals surface area contributed by atoms with Crippen molar-refractivity contribution in [3.8, 4) is 5.75 Å². The summed E-state index contributed by atoms with van der Waals surface area (Å²) < 4.78 is 6.65. The molecule has 29 heavy (non-hydrogen) atoms. The molecular weight excluding hydrogens is 364 g/mol. The minimum atomic E-state index is 0.202. The topological polar surface area (TPSA) is 86.4 Å². The average Bonchev–Trinajstić information content (AvgIpc) is 3.44. The van der Waals surface area contributed by atoms with Crippen LogP contribution < -0.4 is 20.7 Å². The number of benzene rings is 1. The molecule has 1 aromatic carbocycles. The molecule has 2 aromatic rings. The van der Waals surface area contributed by atoms with Gasteiger partial charge in [-0.2, -0.15) is 0 Å². The van der Waals surface area contributed by atoms with E-state index in [1.165, 1.54) is 36.9 Å². The Balaban J connectivity index is 1.31. The van der Waals surface area contributed by atoms with Crippen LogP contribution in [0.5, 0.6) is 5.75 Å². The van der Waals surface area contributed by atoms with Gasteiger partial charge in [-0.3, -0.25) is 4.99 Å². The Kier molecular flexibility index (Phi) is 5.04. The van der Waals surface area contributed by atoms with Crippen molar-refractivity contribution in [2.75, 3.05) is 30.3 Å². The van der Waals surface area contributed by atoms with E-state index in [0.717, 1.165) is 49.1 Å². The van der Waals surface area contributed by atoms with Gasteiger partial charge in [0, 0.05) is 18.4 Å². The third kappa shape index (κ3) is 3.91. The van der Waals surface area contributed by atoms with Crippen molar-refractivity contribution in [1.82, 2.24) is 15.3 Å². The first-order valence-electron chi connectivity index (χ1n) is 10.8. The number of aliphatic imine (C=N–C) groups is 1. The van der Waals surface area contributed by atoms with Crippen molar-refractivity contribution >= 4 is 17.3 Å². The first-order chi connectivity index (χ1) is 14.3. The highest BCUT2D eigenvalue weighted by molar-refractivity contribution is 5.97. The summed E-state index contributed by atoms with van der Waals surface area (Å²) in [5.74, 6) is 3.05. The van der Waals surface area contributed by atoms with Gasteiger partial charge in [0.1, 0.15) is 6.10 Å². The summed E-state index contributed by atoms with van der Waals surface area (Å²) in [5, 5.41) is 10.4. The van der Waals surface area contributed by atoms with Crippen molar-refractivity contribution in [2.24, 2.45) is 16.8 Å². The summed E-state index contributed by atoms with van der Waals surface area (Å²) in [4.78, 5) is 11.9. The number of anilines is 2. The molecule has 3 aliphatic rings. The van der Waals surface area contributed by atoms with Crippen molar-refractivity contribution < 1.29 is 4.74 Å². The Morgan fingerprint density at radius 2 is 2.21 bits per heavy atom. The lowest BCUT2D eigenvalue weighted by atomic mass is 9.76. The molecule has 2 aliphatic heterocycles. The highest BCUT2D eigenvalue weighted by atomic mass is 16.5. The number of aryl methyl sites for hydroxylation is 1. The molecule has 3 unspecified atom stereocenters. The van der Waals surface area contributed by atoms with E-state index in [1.807, 2.05) is 6.20 Å². The van der Waals surface area contributed by atoms with Gasteiger partial charge in [0.15, 0.2) is 11.7 Å².